The third-order valence-electron chi connectivity index (χ3n) is 27.7. The fourth-order valence-electron chi connectivity index (χ4n) is 20.8. The molecule has 0 spiro atoms. The molecule has 0 aliphatic heterocycles. The summed E-state index contributed by atoms with van der Waals surface area (Å²) in [6.45, 7) is 2.12. The number of rotatable bonds is 16. The van der Waals surface area contributed by atoms with Gasteiger partial charge in [-0.05, 0) is 226 Å². The maximum Gasteiger partial charge on any atom is 0.144 e. The zero-order valence-electron chi connectivity index (χ0n) is 78.2. The number of para-hydroxylation sites is 5. The lowest BCUT2D eigenvalue weighted by Crippen LogP contribution is -2.10. The molecule has 6 nitrogen and oxygen atoms in total. The van der Waals surface area contributed by atoms with Crippen LogP contribution in [0.5, 0.6) is 0 Å². The van der Waals surface area contributed by atoms with E-state index in [2.05, 4.69) is 446 Å². The molecule has 0 amide bonds. The lowest BCUT2D eigenvalue weighted by Gasteiger charge is -2.26. The van der Waals surface area contributed by atoms with E-state index in [-0.39, 0.29) is 5.56 Å². The van der Waals surface area contributed by atoms with Crippen molar-refractivity contribution in [2.45, 2.75) is 6.92 Å². The van der Waals surface area contributed by atoms with E-state index in [0.717, 1.165) is 156 Å². The molecule has 22 aromatic carbocycles. The van der Waals surface area contributed by atoms with Crippen LogP contribution in [-0.4, -0.2) is 0 Å². The molecule has 0 saturated carbocycles. The molecule has 12 heteroatoms. The van der Waals surface area contributed by atoms with Crippen molar-refractivity contribution in [3.8, 4) is 77.9 Å². The van der Waals surface area contributed by atoms with Gasteiger partial charge in [0.2, 0.25) is 0 Å². The quantitative estimate of drug-likeness (QED) is 0.0961. The number of aryl methyl sites for hydroxylation is 1. The maximum atomic E-state index is 14.5. The molecule has 6 heterocycles. The van der Waals surface area contributed by atoms with Crippen LogP contribution in [0.25, 0.3) is 204 Å². The standard InChI is InChI=1S/C48H31NOS.C43H29NOS.C42H24F3NOS/c1-3-11-32(12-4-1)34-21-25-37(26-22-34)49(38-27-23-35(24-28-38)33-13-5-2-6-14-33)39-16-9-15-36(31-39)40-18-10-19-41-42-29-30-45-46(48(42)50-47(40)41)43-17-7-8-20-44(43)51-45;1-28-14-16-29(17-15-28)30-18-22-33(23-19-30)44(32-8-3-2-4-9-32)34-24-20-31(21-25-34)35-11-7-12-36-37-26-27-40-41(43(37)45-42(35)36)38-10-5-6-13-39(38)46-40;43-27-23-35(44)39(36(45)24-27)26-15-19-30(20-16-26)46(28-7-2-1-3-8-28)29-17-13-25(14-18-29)31-10-6-11-32-33-21-22-38-40(42(33)47-41(31)32)34-9-4-5-12-37(34)48-38/h1-31H;2-27H,1H3;1-24H. The second-order valence-corrected chi connectivity index (χ2v) is 39.7. The van der Waals surface area contributed by atoms with Crippen LogP contribution in [0.15, 0.2) is 505 Å². The van der Waals surface area contributed by atoms with Gasteiger partial charge in [0.25, 0.3) is 0 Å². The molecule has 28 rings (SSSR count). The summed E-state index contributed by atoms with van der Waals surface area (Å²) in [7, 11) is 0. The summed E-state index contributed by atoms with van der Waals surface area (Å²) in [5.74, 6) is -2.83. The van der Waals surface area contributed by atoms with E-state index < -0.39 is 17.5 Å². The van der Waals surface area contributed by atoms with Gasteiger partial charge in [0, 0.05) is 173 Å². The van der Waals surface area contributed by atoms with Crippen LogP contribution in [-0.2, 0) is 0 Å². The van der Waals surface area contributed by atoms with Crippen LogP contribution < -0.4 is 14.7 Å². The Labute approximate surface area is 845 Å². The van der Waals surface area contributed by atoms with E-state index in [1.165, 1.54) is 94.1 Å². The number of fused-ring (bicyclic) bond motifs is 21. The Kier molecular flexibility index (Phi) is 22.3. The molecular formula is C133H84F3N3O3S3. The molecule has 0 aliphatic rings. The molecule has 0 saturated heterocycles. The predicted molar refractivity (Wildman–Crippen MR) is 607 cm³/mol. The average molecular weight is 1930 g/mol. The van der Waals surface area contributed by atoms with Crippen molar-refractivity contribution in [3.63, 3.8) is 0 Å². The van der Waals surface area contributed by atoms with Gasteiger partial charge in [-0.1, -0.05) is 321 Å². The van der Waals surface area contributed by atoms with E-state index in [1.807, 2.05) is 65.1 Å². The monoisotopic (exact) mass is 1920 g/mol. The van der Waals surface area contributed by atoms with Gasteiger partial charge >= 0.3 is 0 Å². The van der Waals surface area contributed by atoms with Gasteiger partial charge < -0.3 is 28.0 Å². The van der Waals surface area contributed by atoms with E-state index in [0.29, 0.717) is 17.7 Å². The lowest BCUT2D eigenvalue weighted by atomic mass is 10.0. The summed E-state index contributed by atoms with van der Waals surface area (Å²) in [5, 5.41) is 14.0. The van der Waals surface area contributed by atoms with Gasteiger partial charge in [-0.25, -0.2) is 13.2 Å². The van der Waals surface area contributed by atoms with E-state index in [9.17, 15) is 13.2 Å². The number of anilines is 9. The van der Waals surface area contributed by atoms with Gasteiger partial charge in [0.05, 0.1) is 5.56 Å². The van der Waals surface area contributed by atoms with E-state index in [4.69, 9.17) is 13.3 Å². The lowest BCUT2D eigenvalue weighted by molar-refractivity contribution is 0.548. The zero-order chi connectivity index (χ0) is 96.7. The number of hydrogen-bond acceptors (Lipinski definition) is 9. The van der Waals surface area contributed by atoms with Gasteiger partial charge in [-0.2, -0.15) is 0 Å². The molecule has 0 bridgehead atoms. The number of benzene rings is 22. The van der Waals surface area contributed by atoms with Crippen LogP contribution in [0.3, 0.4) is 0 Å². The van der Waals surface area contributed by atoms with Gasteiger partial charge in [0.1, 0.15) is 50.9 Å². The molecule has 0 fully saturated rings. The number of nitrogens with zero attached hydrogens (tertiary/aromatic N) is 3. The second-order valence-electron chi connectivity index (χ2n) is 36.4. The van der Waals surface area contributed by atoms with Crippen molar-refractivity contribution in [1.82, 2.24) is 0 Å². The van der Waals surface area contributed by atoms with Crippen molar-refractivity contribution >= 4 is 212 Å². The Morgan fingerprint density at radius 2 is 0.428 bits per heavy atom. The molecule has 0 radical (unpaired) electrons. The number of halogens is 3. The number of furan rings is 3. The molecule has 688 valence electrons. The Morgan fingerprint density at radius 1 is 0.179 bits per heavy atom. The summed E-state index contributed by atoms with van der Waals surface area (Å²) in [5.41, 5.74) is 29.7. The molecule has 0 N–H and O–H groups in total. The van der Waals surface area contributed by atoms with Gasteiger partial charge in [0.15, 0.2) is 0 Å². The first kappa shape index (κ1) is 87.4. The van der Waals surface area contributed by atoms with Crippen LogP contribution in [0.2, 0.25) is 0 Å². The highest BCUT2D eigenvalue weighted by molar-refractivity contribution is 7.26. The summed E-state index contributed by atoms with van der Waals surface area (Å²) >= 11 is 5.42. The normalized spacial score (nSPS) is 11.6. The van der Waals surface area contributed by atoms with Crippen molar-refractivity contribution in [1.29, 1.82) is 0 Å². The summed E-state index contributed by atoms with van der Waals surface area (Å²) in [6, 6.07) is 169. The van der Waals surface area contributed by atoms with Crippen molar-refractivity contribution in [3.05, 3.63) is 514 Å². The third kappa shape index (κ3) is 16.0. The number of hydrogen-bond donors (Lipinski definition) is 0. The van der Waals surface area contributed by atoms with E-state index >= 15 is 0 Å². The maximum absolute atomic E-state index is 14.5. The predicted octanol–water partition coefficient (Wildman–Crippen LogP) is 40.7. The van der Waals surface area contributed by atoms with Gasteiger partial charge in [-0.15, -0.1) is 34.0 Å². The first-order valence-electron chi connectivity index (χ1n) is 48.3. The van der Waals surface area contributed by atoms with E-state index in [1.54, 1.807) is 23.5 Å². The van der Waals surface area contributed by atoms with Crippen LogP contribution in [0, 0.1) is 24.4 Å². The Morgan fingerprint density at radius 3 is 0.779 bits per heavy atom. The minimum Gasteiger partial charge on any atom is -0.455 e. The van der Waals surface area contributed by atoms with Crippen molar-refractivity contribution in [2.24, 2.45) is 0 Å². The smallest absolute Gasteiger partial charge is 0.144 e. The third-order valence-corrected chi connectivity index (χ3v) is 31.1. The topological polar surface area (TPSA) is 49.1 Å². The highest BCUT2D eigenvalue weighted by Crippen LogP contribution is 2.51. The van der Waals surface area contributed by atoms with Crippen LogP contribution in [0.4, 0.5) is 64.4 Å². The zero-order valence-corrected chi connectivity index (χ0v) is 80.6. The SMILES string of the molecule is Cc1ccc(-c2ccc(N(c3ccccc3)c3ccc(-c4cccc5c4oc4c5ccc5sc6ccccc6c54)cc3)cc2)cc1.Fc1cc(F)c(-c2ccc(N(c3ccccc3)c3ccc(-c4cccc5c4oc4c5ccc5sc6ccccc6c54)cc3)cc2)c(F)c1.c1ccc(-c2ccc(N(c3ccc(-c4ccccc4)cc3)c3cccc(-c4cccc5c4oc4c5ccc5sc6ccccc6c54)c3)cc2)cc1. The summed E-state index contributed by atoms with van der Waals surface area (Å²) < 4.78 is 70.5. The van der Waals surface area contributed by atoms with Crippen molar-refractivity contribution < 1.29 is 26.4 Å². The average Bonchev–Trinajstić information content (AvgIpc) is 1.58. The first-order valence-corrected chi connectivity index (χ1v) is 50.8. The fourth-order valence-corrected chi connectivity index (χ4v) is 24.1. The minimum absolute atomic E-state index is 0.258. The Bertz CT molecular complexity index is 9670. The molecule has 0 aliphatic carbocycles. The Balaban J connectivity index is 0.000000111. The molecule has 28 aromatic rings. The fraction of sp³-hybridized carbons (Fsp3) is 0.00752. The summed E-state index contributed by atoms with van der Waals surface area (Å²) in [4.78, 5) is 6.72. The molecule has 6 aromatic heterocycles. The van der Waals surface area contributed by atoms with Crippen LogP contribution in [0.1, 0.15) is 5.56 Å². The van der Waals surface area contributed by atoms with Gasteiger partial charge in [-0.3, -0.25) is 0 Å². The highest BCUT2D eigenvalue weighted by Gasteiger charge is 2.26. The van der Waals surface area contributed by atoms with Crippen LogP contribution >= 0.6 is 34.0 Å². The summed E-state index contributed by atoms with van der Waals surface area (Å²) in [6.07, 6.45) is 0. The molecule has 145 heavy (non-hydrogen) atoms. The molecular weight excluding hydrogens is 1840 g/mol. The first-order chi connectivity index (χ1) is 71.5. The largest absolute Gasteiger partial charge is 0.455 e. The minimum atomic E-state index is -0.950. The second kappa shape index (κ2) is 36.9. The molecule has 0 atom stereocenters. The number of thiophene rings is 3. The van der Waals surface area contributed by atoms with Crippen molar-refractivity contribution in [2.75, 3.05) is 14.7 Å². The molecule has 0 unspecified atom stereocenters. The Hall–Kier alpha value is -17.9. The highest BCUT2D eigenvalue weighted by atomic mass is 32.1.